The number of halogens is 1. The summed E-state index contributed by atoms with van der Waals surface area (Å²) in [6.45, 7) is 6.86. The Hall–Kier alpha value is -3.08. The van der Waals surface area contributed by atoms with Crippen LogP contribution in [0.5, 0.6) is 0 Å². The van der Waals surface area contributed by atoms with Crippen LogP contribution in [0.4, 0.5) is 10.1 Å². The van der Waals surface area contributed by atoms with Crippen LogP contribution in [0.3, 0.4) is 0 Å². The average Bonchev–Trinajstić information content (AvgIpc) is 3.07. The van der Waals surface area contributed by atoms with Gasteiger partial charge in [0.05, 0.1) is 11.3 Å². The minimum atomic E-state index is -0.218. The first kappa shape index (κ1) is 17.3. The second-order valence-electron chi connectivity index (χ2n) is 6.73. The minimum Gasteiger partial charge on any atom is -0.366 e. The molecular weight excluding hydrogens is 341 g/mol. The Labute approximate surface area is 158 Å². The highest BCUT2D eigenvalue weighted by atomic mass is 19.1. The summed E-state index contributed by atoms with van der Waals surface area (Å²) in [6.07, 6.45) is 3.74. The van der Waals surface area contributed by atoms with E-state index in [1.165, 1.54) is 6.07 Å². The maximum atomic E-state index is 14.0. The number of piperazine rings is 1. The number of amides is 1. The SMILES string of the molecule is C=CCn1cc(C(=O)N2CCN(c3ccccc3F)CC2)c2ccccc21. The van der Waals surface area contributed by atoms with E-state index in [0.717, 1.165) is 10.9 Å². The Balaban J connectivity index is 1.54. The molecule has 0 unspecified atom stereocenters. The molecule has 0 N–H and O–H groups in total. The van der Waals surface area contributed by atoms with Crippen LogP contribution in [0.1, 0.15) is 10.4 Å². The Bertz CT molecular complexity index is 986. The molecule has 138 valence electrons. The number of hydrogen-bond donors (Lipinski definition) is 0. The number of hydrogen-bond acceptors (Lipinski definition) is 2. The van der Waals surface area contributed by atoms with Crippen LogP contribution in [0, 0.1) is 5.82 Å². The van der Waals surface area contributed by atoms with Crippen molar-refractivity contribution in [1.29, 1.82) is 0 Å². The molecule has 3 aromatic rings. The van der Waals surface area contributed by atoms with Crippen molar-refractivity contribution < 1.29 is 9.18 Å². The Morgan fingerprint density at radius 2 is 1.74 bits per heavy atom. The summed E-state index contributed by atoms with van der Waals surface area (Å²) in [4.78, 5) is 17.0. The molecule has 0 bridgehead atoms. The molecule has 1 aromatic heterocycles. The van der Waals surface area contributed by atoms with Gasteiger partial charge in [-0.1, -0.05) is 36.4 Å². The van der Waals surface area contributed by atoms with Crippen LogP contribution in [0.15, 0.2) is 67.4 Å². The van der Waals surface area contributed by atoms with E-state index in [2.05, 4.69) is 6.58 Å². The molecular formula is C22H22FN3O. The third-order valence-corrected chi connectivity index (χ3v) is 5.10. The number of carbonyl (C=O) groups excluding carboxylic acids is 1. The molecule has 0 aliphatic carbocycles. The number of benzene rings is 2. The van der Waals surface area contributed by atoms with Gasteiger partial charge in [-0.15, -0.1) is 6.58 Å². The van der Waals surface area contributed by atoms with E-state index in [-0.39, 0.29) is 11.7 Å². The third kappa shape index (κ3) is 3.21. The van der Waals surface area contributed by atoms with E-state index in [1.807, 2.05) is 57.0 Å². The third-order valence-electron chi connectivity index (χ3n) is 5.10. The van der Waals surface area contributed by atoms with Crippen molar-refractivity contribution in [1.82, 2.24) is 9.47 Å². The molecule has 4 nitrogen and oxygen atoms in total. The lowest BCUT2D eigenvalue weighted by molar-refractivity contribution is 0.0748. The van der Waals surface area contributed by atoms with E-state index in [0.29, 0.717) is 44.0 Å². The summed E-state index contributed by atoms with van der Waals surface area (Å²) in [6, 6.07) is 14.7. The van der Waals surface area contributed by atoms with Crippen molar-refractivity contribution in [2.75, 3.05) is 31.1 Å². The number of allylic oxidation sites excluding steroid dienone is 1. The Morgan fingerprint density at radius 3 is 2.48 bits per heavy atom. The van der Waals surface area contributed by atoms with Gasteiger partial charge >= 0.3 is 0 Å². The average molecular weight is 363 g/mol. The lowest BCUT2D eigenvalue weighted by Crippen LogP contribution is -2.49. The van der Waals surface area contributed by atoms with Crippen molar-refractivity contribution in [2.24, 2.45) is 0 Å². The molecule has 1 fully saturated rings. The molecule has 0 radical (unpaired) electrons. The number of aromatic nitrogens is 1. The number of carbonyl (C=O) groups is 1. The van der Waals surface area contributed by atoms with Gasteiger partial charge in [0.2, 0.25) is 0 Å². The van der Waals surface area contributed by atoms with E-state index in [4.69, 9.17) is 0 Å². The number of rotatable bonds is 4. The predicted molar refractivity (Wildman–Crippen MR) is 107 cm³/mol. The fraction of sp³-hybridized carbons (Fsp3) is 0.227. The number of anilines is 1. The zero-order valence-corrected chi connectivity index (χ0v) is 15.1. The summed E-state index contributed by atoms with van der Waals surface area (Å²) < 4.78 is 16.1. The van der Waals surface area contributed by atoms with Gasteiger partial charge < -0.3 is 14.4 Å². The van der Waals surface area contributed by atoms with E-state index in [9.17, 15) is 9.18 Å². The number of nitrogens with zero attached hydrogens (tertiary/aromatic N) is 3. The summed E-state index contributed by atoms with van der Waals surface area (Å²) in [7, 11) is 0. The summed E-state index contributed by atoms with van der Waals surface area (Å²) >= 11 is 0. The highest BCUT2D eigenvalue weighted by Gasteiger charge is 2.25. The summed E-state index contributed by atoms with van der Waals surface area (Å²) in [5, 5.41) is 0.959. The van der Waals surface area contributed by atoms with Crippen LogP contribution < -0.4 is 4.90 Å². The van der Waals surface area contributed by atoms with Gasteiger partial charge in [0.1, 0.15) is 5.82 Å². The number of para-hydroxylation sites is 2. The van der Waals surface area contributed by atoms with Gasteiger partial charge in [-0.05, 0) is 18.2 Å². The Morgan fingerprint density at radius 1 is 1.04 bits per heavy atom. The maximum absolute atomic E-state index is 14.0. The van der Waals surface area contributed by atoms with Gasteiger partial charge in [-0.25, -0.2) is 4.39 Å². The molecule has 27 heavy (non-hydrogen) atoms. The van der Waals surface area contributed by atoms with E-state index >= 15 is 0 Å². The summed E-state index contributed by atoms with van der Waals surface area (Å²) in [5.74, 6) is -0.188. The fourth-order valence-corrected chi connectivity index (χ4v) is 3.74. The zero-order valence-electron chi connectivity index (χ0n) is 15.1. The first-order valence-electron chi connectivity index (χ1n) is 9.16. The zero-order chi connectivity index (χ0) is 18.8. The summed E-state index contributed by atoms with van der Waals surface area (Å²) in [5.41, 5.74) is 2.35. The molecule has 0 spiro atoms. The first-order valence-corrected chi connectivity index (χ1v) is 9.16. The lowest BCUT2D eigenvalue weighted by atomic mass is 10.1. The molecule has 1 aliphatic rings. The highest BCUT2D eigenvalue weighted by Crippen LogP contribution is 2.25. The van der Waals surface area contributed by atoms with Gasteiger partial charge in [-0.3, -0.25) is 4.79 Å². The Kier molecular flexibility index (Phi) is 4.67. The predicted octanol–water partition coefficient (Wildman–Crippen LogP) is 3.93. The second-order valence-corrected chi connectivity index (χ2v) is 6.73. The molecule has 4 rings (SSSR count). The van der Waals surface area contributed by atoms with Crippen molar-refractivity contribution in [3.63, 3.8) is 0 Å². The van der Waals surface area contributed by atoms with Crippen molar-refractivity contribution >= 4 is 22.5 Å². The lowest BCUT2D eigenvalue weighted by Gasteiger charge is -2.36. The van der Waals surface area contributed by atoms with Gasteiger partial charge in [0.25, 0.3) is 5.91 Å². The molecule has 0 saturated carbocycles. The standard InChI is InChI=1S/C22H22FN3O/c1-2-11-26-16-18(17-7-3-5-9-20(17)26)22(27)25-14-12-24(13-15-25)21-10-6-4-8-19(21)23/h2-10,16H,1,11-15H2. The van der Waals surface area contributed by atoms with Crippen LogP contribution >= 0.6 is 0 Å². The van der Waals surface area contributed by atoms with Crippen molar-refractivity contribution in [3.05, 3.63) is 78.8 Å². The van der Waals surface area contributed by atoms with Gasteiger partial charge in [0.15, 0.2) is 0 Å². The number of fused-ring (bicyclic) bond motifs is 1. The first-order chi connectivity index (χ1) is 13.2. The molecule has 2 heterocycles. The maximum Gasteiger partial charge on any atom is 0.256 e. The molecule has 1 saturated heterocycles. The van der Waals surface area contributed by atoms with E-state index < -0.39 is 0 Å². The van der Waals surface area contributed by atoms with Gasteiger partial charge in [-0.2, -0.15) is 0 Å². The molecule has 5 heteroatoms. The highest BCUT2D eigenvalue weighted by molar-refractivity contribution is 6.07. The smallest absolute Gasteiger partial charge is 0.256 e. The molecule has 0 atom stereocenters. The normalized spacial score (nSPS) is 14.6. The van der Waals surface area contributed by atoms with Crippen LogP contribution in [-0.2, 0) is 6.54 Å². The fourth-order valence-electron chi connectivity index (χ4n) is 3.74. The second kappa shape index (κ2) is 7.27. The van der Waals surface area contributed by atoms with Crippen molar-refractivity contribution in [3.8, 4) is 0 Å². The van der Waals surface area contributed by atoms with Crippen LogP contribution in [-0.4, -0.2) is 41.6 Å². The topological polar surface area (TPSA) is 28.5 Å². The van der Waals surface area contributed by atoms with E-state index in [1.54, 1.807) is 12.1 Å². The molecule has 1 amide bonds. The van der Waals surface area contributed by atoms with Crippen LogP contribution in [0.25, 0.3) is 10.9 Å². The van der Waals surface area contributed by atoms with Gasteiger partial charge in [0, 0.05) is 49.8 Å². The molecule has 1 aliphatic heterocycles. The minimum absolute atomic E-state index is 0.0298. The quantitative estimate of drug-likeness (QED) is 0.657. The monoisotopic (exact) mass is 363 g/mol. The van der Waals surface area contributed by atoms with Crippen molar-refractivity contribution in [2.45, 2.75) is 6.54 Å². The molecule has 2 aromatic carbocycles. The van der Waals surface area contributed by atoms with Crippen LogP contribution in [0.2, 0.25) is 0 Å². The largest absolute Gasteiger partial charge is 0.366 e.